The number of rotatable bonds is 2. The second kappa shape index (κ2) is 6.04. The Labute approximate surface area is 159 Å². The van der Waals surface area contributed by atoms with Gasteiger partial charge in [0.05, 0.1) is 12.6 Å². The fraction of sp³-hybridized carbons (Fsp3) is 0.600. The Morgan fingerprint density at radius 2 is 2.07 bits per heavy atom. The predicted octanol–water partition coefficient (Wildman–Crippen LogP) is 3.59. The van der Waals surface area contributed by atoms with Crippen LogP contribution in [0.1, 0.15) is 46.1 Å². The number of likely N-dealkylation sites (tertiary alicyclic amines) is 1. The van der Waals surface area contributed by atoms with Gasteiger partial charge in [-0.25, -0.2) is 9.78 Å². The van der Waals surface area contributed by atoms with Crippen molar-refractivity contribution < 1.29 is 14.3 Å². The zero-order valence-corrected chi connectivity index (χ0v) is 16.5. The zero-order valence-electron chi connectivity index (χ0n) is 16.5. The van der Waals surface area contributed by atoms with Crippen LogP contribution in [0.25, 0.3) is 11.0 Å². The van der Waals surface area contributed by atoms with Crippen molar-refractivity contribution in [3.8, 4) is 5.75 Å². The topological polar surface area (TPSA) is 82.6 Å². The maximum atomic E-state index is 12.4. The summed E-state index contributed by atoms with van der Waals surface area (Å²) in [5.74, 6) is 1.26. The van der Waals surface area contributed by atoms with Crippen molar-refractivity contribution in [2.45, 2.75) is 51.7 Å². The van der Waals surface area contributed by atoms with Crippen LogP contribution in [0.5, 0.6) is 5.75 Å². The molecule has 2 heterocycles. The molecule has 2 N–H and O–H groups in total. The van der Waals surface area contributed by atoms with E-state index < -0.39 is 5.60 Å². The summed E-state index contributed by atoms with van der Waals surface area (Å²) in [6.45, 7) is 7.22. The molecule has 7 heteroatoms. The molecular formula is C20H28N4O3. The summed E-state index contributed by atoms with van der Waals surface area (Å²) in [6, 6.07) is 6.21. The molecule has 0 radical (unpaired) electrons. The second-order valence-corrected chi connectivity index (χ2v) is 8.88. The third kappa shape index (κ3) is 3.09. The number of nitrogens with zero attached hydrogens (tertiary/aromatic N) is 3. The van der Waals surface area contributed by atoms with Crippen LogP contribution in [0, 0.1) is 5.41 Å². The van der Waals surface area contributed by atoms with Crippen LogP contribution in [0.3, 0.4) is 0 Å². The summed E-state index contributed by atoms with van der Waals surface area (Å²) in [5.41, 5.74) is 7.75. The number of anilines is 1. The lowest BCUT2D eigenvalue weighted by atomic mass is 9.65. The van der Waals surface area contributed by atoms with Gasteiger partial charge in [-0.1, -0.05) is 6.07 Å². The molecule has 1 saturated carbocycles. The molecule has 1 aromatic carbocycles. The van der Waals surface area contributed by atoms with Crippen LogP contribution < -0.4 is 10.5 Å². The van der Waals surface area contributed by atoms with Crippen molar-refractivity contribution in [2.24, 2.45) is 5.41 Å². The average Bonchev–Trinajstić information content (AvgIpc) is 3.12. The Hall–Kier alpha value is -2.44. The van der Waals surface area contributed by atoms with E-state index in [4.69, 9.17) is 15.2 Å². The van der Waals surface area contributed by atoms with Crippen molar-refractivity contribution in [1.29, 1.82) is 0 Å². The molecule has 27 heavy (non-hydrogen) atoms. The number of ether oxygens (including phenoxy) is 2. The zero-order chi connectivity index (χ0) is 19.4. The van der Waals surface area contributed by atoms with Crippen LogP contribution in [-0.4, -0.2) is 46.3 Å². The van der Waals surface area contributed by atoms with Crippen LogP contribution in [0.15, 0.2) is 18.2 Å². The van der Waals surface area contributed by atoms with Gasteiger partial charge in [-0.05, 0) is 57.6 Å². The fourth-order valence-corrected chi connectivity index (χ4v) is 4.53. The number of hydrogen-bond acceptors (Lipinski definition) is 5. The number of nitrogens with two attached hydrogens (primary N) is 1. The summed E-state index contributed by atoms with van der Waals surface area (Å²) in [5, 5.41) is 0. The number of carbonyl (C=O) groups is 1. The number of benzene rings is 1. The van der Waals surface area contributed by atoms with E-state index in [1.165, 1.54) is 0 Å². The molecule has 0 unspecified atom stereocenters. The van der Waals surface area contributed by atoms with Gasteiger partial charge in [0, 0.05) is 19.1 Å². The summed E-state index contributed by atoms with van der Waals surface area (Å²) in [7, 11) is 1.64. The first-order valence-corrected chi connectivity index (χ1v) is 9.50. The van der Waals surface area contributed by atoms with Crippen LogP contribution in [0.2, 0.25) is 0 Å². The van der Waals surface area contributed by atoms with E-state index in [2.05, 4.69) is 9.55 Å². The van der Waals surface area contributed by atoms with E-state index in [1.807, 2.05) is 43.9 Å². The van der Waals surface area contributed by atoms with Gasteiger partial charge in [0.15, 0.2) is 0 Å². The standard InChI is InChI=1S/C20H28N4O3/c1-19(2,3)27-18(25)23-9-8-20(12-23)10-13(11-20)24-14-6-5-7-15(26-4)16(14)22-17(24)21/h5-7,13H,8-12H2,1-4H3,(H2,21,22). The average molecular weight is 372 g/mol. The lowest BCUT2D eigenvalue weighted by Gasteiger charge is -2.46. The fourth-order valence-electron chi connectivity index (χ4n) is 4.53. The smallest absolute Gasteiger partial charge is 0.410 e. The van der Waals surface area contributed by atoms with E-state index in [9.17, 15) is 4.79 Å². The summed E-state index contributed by atoms with van der Waals surface area (Å²) in [4.78, 5) is 18.7. The molecule has 1 aliphatic heterocycles. The Morgan fingerprint density at radius 3 is 2.74 bits per heavy atom. The number of fused-ring (bicyclic) bond motifs is 1. The molecule has 7 nitrogen and oxygen atoms in total. The summed E-state index contributed by atoms with van der Waals surface area (Å²) >= 11 is 0. The molecule has 0 atom stereocenters. The predicted molar refractivity (Wildman–Crippen MR) is 104 cm³/mol. The number of amides is 1. The number of hydrogen-bond donors (Lipinski definition) is 1. The highest BCUT2D eigenvalue weighted by Gasteiger charge is 2.51. The Bertz CT molecular complexity index is 877. The SMILES string of the molecule is COc1cccc2c1nc(N)n2C1CC2(CCN(C(=O)OC(C)(C)C)C2)C1. The van der Waals surface area contributed by atoms with Gasteiger partial charge in [0.1, 0.15) is 16.9 Å². The minimum absolute atomic E-state index is 0.170. The largest absolute Gasteiger partial charge is 0.494 e. The first-order chi connectivity index (χ1) is 12.7. The highest BCUT2D eigenvalue weighted by atomic mass is 16.6. The van der Waals surface area contributed by atoms with E-state index in [1.54, 1.807) is 7.11 Å². The highest BCUT2D eigenvalue weighted by Crippen LogP contribution is 2.55. The molecule has 4 rings (SSSR count). The molecule has 1 aliphatic carbocycles. The third-order valence-corrected chi connectivity index (χ3v) is 5.72. The summed E-state index contributed by atoms with van der Waals surface area (Å²) in [6.07, 6.45) is 2.80. The monoisotopic (exact) mass is 372 g/mol. The molecule has 146 valence electrons. The van der Waals surface area contributed by atoms with Gasteiger partial charge < -0.3 is 24.7 Å². The van der Waals surface area contributed by atoms with Gasteiger partial charge in [-0.2, -0.15) is 0 Å². The quantitative estimate of drug-likeness (QED) is 0.871. The molecule has 2 fully saturated rings. The lowest BCUT2D eigenvalue weighted by Crippen LogP contribution is -2.43. The maximum absolute atomic E-state index is 12.4. The number of nitrogen functional groups attached to an aromatic ring is 1. The van der Waals surface area contributed by atoms with E-state index in [0.717, 1.165) is 49.1 Å². The second-order valence-electron chi connectivity index (χ2n) is 8.88. The molecule has 0 bridgehead atoms. The minimum Gasteiger partial charge on any atom is -0.494 e. The van der Waals surface area contributed by atoms with Crippen molar-refractivity contribution in [3.63, 3.8) is 0 Å². The van der Waals surface area contributed by atoms with E-state index >= 15 is 0 Å². The van der Waals surface area contributed by atoms with Crippen molar-refractivity contribution in [3.05, 3.63) is 18.2 Å². The first kappa shape index (κ1) is 17.9. The highest BCUT2D eigenvalue weighted by molar-refractivity contribution is 5.84. The van der Waals surface area contributed by atoms with Crippen LogP contribution in [0.4, 0.5) is 10.7 Å². The van der Waals surface area contributed by atoms with E-state index in [0.29, 0.717) is 12.0 Å². The van der Waals surface area contributed by atoms with Gasteiger partial charge in [0.25, 0.3) is 0 Å². The Morgan fingerprint density at radius 1 is 1.33 bits per heavy atom. The van der Waals surface area contributed by atoms with Crippen molar-refractivity contribution in [1.82, 2.24) is 14.5 Å². The molecule has 1 saturated heterocycles. The Balaban J connectivity index is 1.48. The summed E-state index contributed by atoms with van der Waals surface area (Å²) < 4.78 is 13.1. The van der Waals surface area contributed by atoms with Crippen LogP contribution >= 0.6 is 0 Å². The molecular weight excluding hydrogens is 344 g/mol. The molecule has 2 aliphatic rings. The molecule has 1 aromatic heterocycles. The number of aromatic nitrogens is 2. The lowest BCUT2D eigenvalue weighted by molar-refractivity contribution is 0.0200. The minimum atomic E-state index is -0.460. The van der Waals surface area contributed by atoms with Gasteiger partial charge in [-0.15, -0.1) is 0 Å². The van der Waals surface area contributed by atoms with E-state index in [-0.39, 0.29) is 11.5 Å². The van der Waals surface area contributed by atoms with Crippen molar-refractivity contribution in [2.75, 3.05) is 25.9 Å². The van der Waals surface area contributed by atoms with Crippen LogP contribution in [-0.2, 0) is 4.74 Å². The van der Waals surface area contributed by atoms with Gasteiger partial charge in [-0.3, -0.25) is 0 Å². The maximum Gasteiger partial charge on any atom is 0.410 e. The van der Waals surface area contributed by atoms with Crippen molar-refractivity contribution >= 4 is 23.1 Å². The number of imidazole rings is 1. The molecule has 2 aromatic rings. The van der Waals surface area contributed by atoms with Gasteiger partial charge >= 0.3 is 6.09 Å². The molecule has 1 amide bonds. The number of methoxy groups -OCH3 is 1. The third-order valence-electron chi connectivity index (χ3n) is 5.72. The van der Waals surface area contributed by atoms with Gasteiger partial charge in [0.2, 0.25) is 5.95 Å². The Kier molecular flexibility index (Phi) is 4.01. The first-order valence-electron chi connectivity index (χ1n) is 9.50. The number of para-hydroxylation sites is 1. The number of carbonyl (C=O) groups excluding carboxylic acids is 1. The normalized spacial score (nSPS) is 25.0. The molecule has 1 spiro atoms.